The number of allylic oxidation sites excluding steroid dienone is 1. The molecule has 160 valence electrons. The second-order valence-corrected chi connectivity index (χ2v) is 8.42. The number of esters is 1. The molecule has 0 bridgehead atoms. The first-order valence-corrected chi connectivity index (χ1v) is 10.9. The van der Waals surface area contributed by atoms with Gasteiger partial charge in [-0.1, -0.05) is 11.2 Å². The normalized spacial score (nSPS) is 21.4. The summed E-state index contributed by atoms with van der Waals surface area (Å²) in [5, 5.41) is 7.79. The summed E-state index contributed by atoms with van der Waals surface area (Å²) < 4.78 is 5.26. The zero-order valence-electron chi connectivity index (χ0n) is 16.6. The maximum absolute atomic E-state index is 12.7. The van der Waals surface area contributed by atoms with Crippen molar-refractivity contribution in [2.45, 2.75) is 25.3 Å². The van der Waals surface area contributed by atoms with E-state index in [1.54, 1.807) is 11.5 Å². The van der Waals surface area contributed by atoms with Crippen LogP contribution in [-0.2, 0) is 24.0 Å². The number of nitrogens with zero attached hydrogens (tertiary/aromatic N) is 3. The molecule has 0 aliphatic carbocycles. The first kappa shape index (κ1) is 21.8. The maximum Gasteiger partial charge on any atom is 0.355 e. The Hall–Kier alpha value is -2.86. The minimum atomic E-state index is -0.811. The number of nitrogens with one attached hydrogen (secondary N) is 1. The molecule has 2 aliphatic heterocycles. The van der Waals surface area contributed by atoms with E-state index < -0.39 is 29.2 Å². The second kappa shape index (κ2) is 9.30. The average Bonchev–Trinajstić information content (AvgIpc) is 3.18. The third-order valence-corrected chi connectivity index (χ3v) is 6.29. The maximum atomic E-state index is 12.7. The van der Waals surface area contributed by atoms with E-state index in [4.69, 9.17) is 15.3 Å². The molecule has 10 nitrogen and oxygen atoms in total. The SMILES string of the molecule is CC=C(C)COC(=O)C1=CCS[C@H]2C(NC(=O)C(=NOC)c3csc(N)n3)C(=O)N12. The number of oxime groups is 1. The number of thioether (sulfide) groups is 1. The van der Waals surface area contributed by atoms with Crippen LogP contribution in [0.4, 0.5) is 5.13 Å². The van der Waals surface area contributed by atoms with E-state index in [-0.39, 0.29) is 28.8 Å². The van der Waals surface area contributed by atoms with Gasteiger partial charge in [-0.05, 0) is 25.5 Å². The number of nitrogen functional groups attached to an aromatic ring is 1. The number of thiazole rings is 1. The summed E-state index contributed by atoms with van der Waals surface area (Å²) in [7, 11) is 1.30. The van der Waals surface area contributed by atoms with E-state index in [0.29, 0.717) is 5.75 Å². The number of carbonyl (C=O) groups excluding carboxylic acids is 3. The van der Waals surface area contributed by atoms with Crippen molar-refractivity contribution in [3.8, 4) is 0 Å². The number of β-lactam (4-membered cyclic amide) rings is 1. The Kier molecular flexibility index (Phi) is 6.77. The zero-order chi connectivity index (χ0) is 21.8. The molecular formula is C18H21N5O5S2. The van der Waals surface area contributed by atoms with Crippen molar-refractivity contribution in [1.29, 1.82) is 0 Å². The number of nitrogens with two attached hydrogens (primary N) is 1. The molecule has 2 aliphatic rings. The average molecular weight is 452 g/mol. The number of amides is 2. The van der Waals surface area contributed by atoms with Crippen LogP contribution in [0.1, 0.15) is 19.5 Å². The molecule has 3 N–H and O–H groups in total. The first-order valence-electron chi connectivity index (χ1n) is 8.94. The fourth-order valence-electron chi connectivity index (χ4n) is 2.77. The van der Waals surface area contributed by atoms with Crippen LogP contribution in [0.15, 0.2) is 34.0 Å². The molecule has 1 aromatic rings. The Bertz CT molecular complexity index is 955. The van der Waals surface area contributed by atoms with Crippen molar-refractivity contribution in [2.24, 2.45) is 5.16 Å². The van der Waals surface area contributed by atoms with E-state index in [1.807, 2.05) is 19.9 Å². The quantitative estimate of drug-likeness (QED) is 0.205. The summed E-state index contributed by atoms with van der Waals surface area (Å²) in [4.78, 5) is 47.9. The fraction of sp³-hybridized carbons (Fsp3) is 0.389. The summed E-state index contributed by atoms with van der Waals surface area (Å²) in [6.07, 6.45) is 3.50. The van der Waals surface area contributed by atoms with Gasteiger partial charge in [-0.25, -0.2) is 9.78 Å². The summed E-state index contributed by atoms with van der Waals surface area (Å²) in [6.45, 7) is 3.85. The summed E-state index contributed by atoms with van der Waals surface area (Å²) in [6, 6.07) is -0.811. The highest BCUT2D eigenvalue weighted by atomic mass is 32.2. The van der Waals surface area contributed by atoms with Gasteiger partial charge in [0.1, 0.15) is 36.5 Å². The molecule has 3 rings (SSSR count). The molecule has 12 heteroatoms. The van der Waals surface area contributed by atoms with Gasteiger partial charge in [0, 0.05) is 11.1 Å². The van der Waals surface area contributed by atoms with Gasteiger partial charge in [0.05, 0.1) is 0 Å². The number of ether oxygens (including phenoxy) is 1. The molecule has 0 saturated carbocycles. The van der Waals surface area contributed by atoms with Crippen molar-refractivity contribution in [1.82, 2.24) is 15.2 Å². The molecule has 0 radical (unpaired) electrons. The molecule has 1 unspecified atom stereocenters. The number of aromatic nitrogens is 1. The lowest BCUT2D eigenvalue weighted by atomic mass is 10.0. The van der Waals surface area contributed by atoms with E-state index in [9.17, 15) is 14.4 Å². The standard InChI is InChI=1S/C18H21N5O5S2/c1-4-9(2)7-28-17(26)11-5-6-29-16-13(15(25)23(11)16)21-14(24)12(22-27-3)10-8-30-18(19)20-10/h4-5,8,13,16H,6-7H2,1-3H3,(H2,19,20)(H,21,24)/t13?,16-/m0/s1. The monoisotopic (exact) mass is 451 g/mol. The Morgan fingerprint density at radius 3 is 2.90 bits per heavy atom. The van der Waals surface area contributed by atoms with E-state index in [1.165, 1.54) is 23.8 Å². The molecule has 2 atom stereocenters. The van der Waals surface area contributed by atoms with Gasteiger partial charge in [0.15, 0.2) is 10.8 Å². The molecular weight excluding hydrogens is 430 g/mol. The molecule has 0 spiro atoms. The summed E-state index contributed by atoms with van der Waals surface area (Å²) in [5.74, 6) is -1.08. The van der Waals surface area contributed by atoms with Crippen LogP contribution in [0, 0.1) is 0 Å². The number of hydrogen-bond donors (Lipinski definition) is 2. The lowest BCUT2D eigenvalue weighted by molar-refractivity contribution is -0.152. The Morgan fingerprint density at radius 2 is 2.27 bits per heavy atom. The van der Waals surface area contributed by atoms with Gasteiger partial charge in [-0.2, -0.15) is 0 Å². The molecule has 3 heterocycles. The van der Waals surface area contributed by atoms with Gasteiger partial charge >= 0.3 is 5.97 Å². The minimum absolute atomic E-state index is 0.0884. The number of rotatable bonds is 7. The van der Waals surface area contributed by atoms with Crippen molar-refractivity contribution in [2.75, 3.05) is 25.2 Å². The van der Waals surface area contributed by atoms with Crippen LogP contribution in [0.5, 0.6) is 0 Å². The zero-order valence-corrected chi connectivity index (χ0v) is 18.2. The van der Waals surface area contributed by atoms with Gasteiger partial charge in [-0.15, -0.1) is 23.1 Å². The van der Waals surface area contributed by atoms with Crippen molar-refractivity contribution >= 4 is 51.7 Å². The fourth-order valence-corrected chi connectivity index (χ4v) is 4.51. The third kappa shape index (κ3) is 4.33. The van der Waals surface area contributed by atoms with Crippen molar-refractivity contribution < 1.29 is 24.0 Å². The predicted octanol–water partition coefficient (Wildman–Crippen LogP) is 0.869. The molecule has 30 heavy (non-hydrogen) atoms. The Balaban J connectivity index is 1.68. The molecule has 2 amide bonds. The summed E-state index contributed by atoms with van der Waals surface area (Å²) in [5.41, 5.74) is 6.87. The van der Waals surface area contributed by atoms with Gasteiger partial charge in [0.2, 0.25) is 0 Å². The first-order chi connectivity index (χ1) is 14.4. The number of fused-ring (bicyclic) bond motifs is 1. The number of hydrogen-bond acceptors (Lipinski definition) is 10. The molecule has 0 aromatic carbocycles. The highest BCUT2D eigenvalue weighted by molar-refractivity contribution is 8.00. The number of anilines is 1. The van der Waals surface area contributed by atoms with Crippen LogP contribution in [-0.4, -0.2) is 64.3 Å². The van der Waals surface area contributed by atoms with Crippen molar-refractivity contribution in [3.05, 3.63) is 34.5 Å². The van der Waals surface area contributed by atoms with Crippen LogP contribution in [0.25, 0.3) is 0 Å². The van der Waals surface area contributed by atoms with Crippen LogP contribution in [0.2, 0.25) is 0 Å². The summed E-state index contributed by atoms with van der Waals surface area (Å²) >= 11 is 2.59. The van der Waals surface area contributed by atoms with Gasteiger partial charge in [0.25, 0.3) is 11.8 Å². The second-order valence-electron chi connectivity index (χ2n) is 6.38. The number of carbonyl (C=O) groups is 3. The Morgan fingerprint density at radius 1 is 1.50 bits per heavy atom. The van der Waals surface area contributed by atoms with E-state index >= 15 is 0 Å². The lowest BCUT2D eigenvalue weighted by Gasteiger charge is -2.48. The molecule has 1 fully saturated rings. The predicted molar refractivity (Wildman–Crippen MR) is 114 cm³/mol. The minimum Gasteiger partial charge on any atom is -0.457 e. The van der Waals surface area contributed by atoms with E-state index in [0.717, 1.165) is 16.9 Å². The highest BCUT2D eigenvalue weighted by Crippen LogP contribution is 2.37. The van der Waals surface area contributed by atoms with Gasteiger partial charge in [-0.3, -0.25) is 14.5 Å². The van der Waals surface area contributed by atoms with Crippen LogP contribution >= 0.6 is 23.1 Å². The van der Waals surface area contributed by atoms with Crippen molar-refractivity contribution in [3.63, 3.8) is 0 Å². The Labute approximate surface area is 181 Å². The molecule has 1 saturated heterocycles. The van der Waals surface area contributed by atoms with Gasteiger partial charge < -0.3 is 20.6 Å². The topological polar surface area (TPSA) is 136 Å². The lowest BCUT2D eigenvalue weighted by Crippen LogP contribution is -2.70. The van der Waals surface area contributed by atoms with Crippen LogP contribution < -0.4 is 11.1 Å². The largest absolute Gasteiger partial charge is 0.457 e. The van der Waals surface area contributed by atoms with E-state index in [2.05, 4.69) is 15.5 Å². The smallest absolute Gasteiger partial charge is 0.355 e. The van der Waals surface area contributed by atoms with Crippen LogP contribution in [0.3, 0.4) is 0 Å². The molecule has 1 aromatic heterocycles. The third-order valence-electron chi connectivity index (χ3n) is 4.43. The highest BCUT2D eigenvalue weighted by Gasteiger charge is 2.53.